The zero-order chi connectivity index (χ0) is 26.7. The third-order valence-electron chi connectivity index (χ3n) is 6.34. The minimum Gasteiger partial charge on any atom is -0.497 e. The molecule has 1 aliphatic rings. The van der Waals surface area contributed by atoms with Crippen LogP contribution in [0.4, 0.5) is 0 Å². The number of aromatic nitrogens is 1. The average molecular weight is 526 g/mol. The number of carbonyl (C=O) groups excluding carboxylic acids is 2. The molecule has 2 amide bonds. The number of hydrogen-bond donors (Lipinski definition) is 1. The molecule has 0 saturated carbocycles. The lowest BCUT2D eigenvalue weighted by Crippen LogP contribution is -2.49. The van der Waals surface area contributed by atoms with E-state index >= 15 is 0 Å². The number of carbonyl (C=O) groups is 2. The summed E-state index contributed by atoms with van der Waals surface area (Å²) in [6, 6.07) is 13.6. The SMILES string of the molecule is COc1ccc(C(=O)N/C(=C\c2cn(S(=O)(=O)N(C)C)c3ccccc23)C(=O)N2CCN(C)CC2)cc1. The van der Waals surface area contributed by atoms with Crippen LogP contribution in [0.15, 0.2) is 60.4 Å². The molecule has 1 aliphatic heterocycles. The Bertz CT molecular complexity index is 1440. The molecule has 0 aliphatic carbocycles. The lowest BCUT2D eigenvalue weighted by atomic mass is 10.1. The molecule has 37 heavy (non-hydrogen) atoms. The van der Waals surface area contributed by atoms with Crippen LogP contribution in [0.1, 0.15) is 15.9 Å². The van der Waals surface area contributed by atoms with E-state index in [9.17, 15) is 18.0 Å². The molecule has 196 valence electrons. The van der Waals surface area contributed by atoms with Crippen molar-refractivity contribution in [3.63, 3.8) is 0 Å². The van der Waals surface area contributed by atoms with Crippen molar-refractivity contribution in [2.75, 3.05) is 54.4 Å². The summed E-state index contributed by atoms with van der Waals surface area (Å²) < 4.78 is 33.4. The number of likely N-dealkylation sites (N-methyl/N-ethyl adjacent to an activating group) is 1. The van der Waals surface area contributed by atoms with Gasteiger partial charge in [-0.05, 0) is 43.5 Å². The van der Waals surface area contributed by atoms with Crippen LogP contribution in [0.25, 0.3) is 17.0 Å². The molecule has 0 atom stereocenters. The predicted molar refractivity (Wildman–Crippen MR) is 142 cm³/mol. The van der Waals surface area contributed by atoms with Gasteiger partial charge in [0.15, 0.2) is 0 Å². The van der Waals surface area contributed by atoms with Gasteiger partial charge in [0.2, 0.25) is 0 Å². The second kappa shape index (κ2) is 10.8. The number of piperazine rings is 1. The van der Waals surface area contributed by atoms with Gasteiger partial charge in [-0.25, -0.2) is 3.97 Å². The number of benzene rings is 2. The fourth-order valence-corrected chi connectivity index (χ4v) is 5.09. The van der Waals surface area contributed by atoms with E-state index in [1.807, 2.05) is 7.05 Å². The van der Waals surface area contributed by atoms with Crippen molar-refractivity contribution in [3.05, 3.63) is 71.6 Å². The van der Waals surface area contributed by atoms with Crippen molar-refractivity contribution in [1.82, 2.24) is 23.4 Å². The van der Waals surface area contributed by atoms with E-state index in [1.54, 1.807) is 59.5 Å². The second-order valence-electron chi connectivity index (χ2n) is 9.02. The van der Waals surface area contributed by atoms with Crippen molar-refractivity contribution < 1.29 is 22.7 Å². The Morgan fingerprint density at radius 2 is 1.65 bits per heavy atom. The molecular weight excluding hydrogens is 494 g/mol. The summed E-state index contributed by atoms with van der Waals surface area (Å²) in [6.45, 7) is 2.46. The molecule has 0 radical (unpaired) electrons. The first-order valence-electron chi connectivity index (χ1n) is 11.8. The Kier molecular flexibility index (Phi) is 7.67. The number of fused-ring (bicyclic) bond motifs is 1. The Hall–Kier alpha value is -3.67. The van der Waals surface area contributed by atoms with Crippen molar-refractivity contribution in [3.8, 4) is 5.75 Å². The maximum absolute atomic E-state index is 13.6. The summed E-state index contributed by atoms with van der Waals surface area (Å²) >= 11 is 0. The van der Waals surface area contributed by atoms with Crippen LogP contribution in [0, 0.1) is 0 Å². The van der Waals surface area contributed by atoms with E-state index in [4.69, 9.17) is 4.74 Å². The minimum absolute atomic E-state index is 0.0653. The van der Waals surface area contributed by atoms with Crippen LogP contribution in [-0.2, 0) is 15.0 Å². The lowest BCUT2D eigenvalue weighted by molar-refractivity contribution is -0.128. The minimum atomic E-state index is -3.82. The number of nitrogens with zero attached hydrogens (tertiary/aromatic N) is 4. The Labute approximate surface area is 216 Å². The van der Waals surface area contributed by atoms with Crippen molar-refractivity contribution >= 4 is 39.0 Å². The average Bonchev–Trinajstić information content (AvgIpc) is 3.27. The summed E-state index contributed by atoms with van der Waals surface area (Å²) in [5.74, 6) is -0.181. The van der Waals surface area contributed by atoms with Gasteiger partial charge in [-0.15, -0.1) is 0 Å². The first kappa shape index (κ1) is 26.4. The van der Waals surface area contributed by atoms with Crippen LogP contribution in [0.5, 0.6) is 5.75 Å². The molecule has 2 aromatic carbocycles. The smallest absolute Gasteiger partial charge is 0.307 e. The van der Waals surface area contributed by atoms with Gasteiger partial charge >= 0.3 is 10.2 Å². The molecular formula is C26H31N5O5S. The summed E-state index contributed by atoms with van der Waals surface area (Å²) in [6.07, 6.45) is 3.02. The molecule has 0 bridgehead atoms. The number of amides is 2. The van der Waals surface area contributed by atoms with Crippen molar-refractivity contribution in [2.24, 2.45) is 0 Å². The van der Waals surface area contributed by atoms with Crippen LogP contribution in [0.2, 0.25) is 0 Å². The highest BCUT2D eigenvalue weighted by Gasteiger charge is 2.26. The maximum atomic E-state index is 13.6. The Morgan fingerprint density at radius 1 is 1.00 bits per heavy atom. The van der Waals surface area contributed by atoms with Crippen LogP contribution < -0.4 is 10.1 Å². The third kappa shape index (κ3) is 5.53. The van der Waals surface area contributed by atoms with E-state index in [2.05, 4.69) is 10.2 Å². The fourth-order valence-electron chi connectivity index (χ4n) is 4.08. The van der Waals surface area contributed by atoms with E-state index in [0.29, 0.717) is 54.0 Å². The van der Waals surface area contributed by atoms with Gasteiger partial charge < -0.3 is 19.9 Å². The molecule has 4 rings (SSSR count). The van der Waals surface area contributed by atoms with Crippen LogP contribution in [0.3, 0.4) is 0 Å². The molecule has 2 heterocycles. The van der Waals surface area contributed by atoms with Gasteiger partial charge in [-0.2, -0.15) is 12.7 Å². The summed E-state index contributed by atoms with van der Waals surface area (Å²) in [5.41, 5.74) is 1.38. The Balaban J connectivity index is 1.78. The van der Waals surface area contributed by atoms with Crippen molar-refractivity contribution in [1.29, 1.82) is 0 Å². The van der Waals surface area contributed by atoms with E-state index in [1.165, 1.54) is 31.4 Å². The molecule has 1 fully saturated rings. The number of nitrogens with one attached hydrogen (secondary N) is 1. The number of hydrogen-bond acceptors (Lipinski definition) is 6. The third-order valence-corrected chi connectivity index (χ3v) is 8.06. The first-order valence-corrected chi connectivity index (χ1v) is 13.2. The number of para-hydroxylation sites is 1. The van der Waals surface area contributed by atoms with Crippen LogP contribution >= 0.6 is 0 Å². The second-order valence-corrected chi connectivity index (χ2v) is 11.0. The Morgan fingerprint density at radius 3 is 2.27 bits per heavy atom. The first-order chi connectivity index (χ1) is 17.6. The van der Waals surface area contributed by atoms with Gasteiger partial charge in [0, 0.05) is 63.0 Å². The monoisotopic (exact) mass is 525 g/mol. The predicted octanol–water partition coefficient (Wildman–Crippen LogP) is 1.85. The molecule has 10 nitrogen and oxygen atoms in total. The normalized spacial score (nSPS) is 15.3. The molecule has 11 heteroatoms. The lowest BCUT2D eigenvalue weighted by Gasteiger charge is -2.33. The highest BCUT2D eigenvalue weighted by atomic mass is 32.2. The largest absolute Gasteiger partial charge is 0.497 e. The molecule has 3 aromatic rings. The van der Waals surface area contributed by atoms with Crippen molar-refractivity contribution in [2.45, 2.75) is 0 Å². The van der Waals surface area contributed by atoms with Gasteiger partial charge in [0.25, 0.3) is 11.8 Å². The number of ether oxygens (including phenoxy) is 1. The molecule has 1 saturated heterocycles. The highest BCUT2D eigenvalue weighted by molar-refractivity contribution is 7.87. The van der Waals surface area contributed by atoms with Gasteiger partial charge in [0.05, 0.1) is 12.6 Å². The standard InChI is InChI=1S/C26H31N5O5S/c1-28(2)37(34,35)31-18-20(22-7-5-6-8-24(22)31)17-23(26(33)30-15-13-29(3)14-16-30)27-25(32)19-9-11-21(36-4)12-10-19/h5-12,17-18H,13-16H2,1-4H3,(H,27,32)/b23-17-. The molecule has 1 N–H and O–H groups in total. The molecule has 1 aromatic heterocycles. The highest BCUT2D eigenvalue weighted by Crippen LogP contribution is 2.26. The van der Waals surface area contributed by atoms with E-state index in [-0.39, 0.29) is 11.6 Å². The van der Waals surface area contributed by atoms with Gasteiger partial charge in [0.1, 0.15) is 11.4 Å². The summed E-state index contributed by atoms with van der Waals surface area (Å²) in [7, 11) is 2.62. The van der Waals surface area contributed by atoms with E-state index in [0.717, 1.165) is 4.31 Å². The maximum Gasteiger partial charge on any atom is 0.307 e. The van der Waals surface area contributed by atoms with E-state index < -0.39 is 16.1 Å². The van der Waals surface area contributed by atoms with Gasteiger partial charge in [-0.1, -0.05) is 18.2 Å². The van der Waals surface area contributed by atoms with Gasteiger partial charge in [-0.3, -0.25) is 9.59 Å². The van der Waals surface area contributed by atoms with Crippen LogP contribution in [-0.4, -0.2) is 92.7 Å². The topological polar surface area (TPSA) is 104 Å². The molecule has 0 unspecified atom stereocenters. The summed E-state index contributed by atoms with van der Waals surface area (Å²) in [4.78, 5) is 30.5. The number of methoxy groups -OCH3 is 1. The quantitative estimate of drug-likeness (QED) is 0.472. The summed E-state index contributed by atoms with van der Waals surface area (Å²) in [5, 5.41) is 3.40. The number of rotatable bonds is 7. The zero-order valence-corrected chi connectivity index (χ0v) is 22.2. The molecule has 0 spiro atoms. The zero-order valence-electron chi connectivity index (χ0n) is 21.3. The fraction of sp³-hybridized carbons (Fsp3) is 0.308.